The summed E-state index contributed by atoms with van der Waals surface area (Å²) in [6, 6.07) is 102. The number of benzene rings is 11. The molecule has 0 heterocycles. The maximum absolute atomic E-state index is 2.53. The van der Waals surface area contributed by atoms with Gasteiger partial charge in [-0.3, -0.25) is 0 Å². The van der Waals surface area contributed by atoms with E-state index in [1.54, 1.807) is 0 Å². The second-order valence-electron chi connectivity index (χ2n) is 20.3. The van der Waals surface area contributed by atoms with Crippen LogP contribution in [0.3, 0.4) is 0 Å². The molecule has 0 atom stereocenters. The van der Waals surface area contributed by atoms with Gasteiger partial charge in [0.1, 0.15) is 0 Å². The smallest absolute Gasteiger partial charge is 0.0714 e. The van der Waals surface area contributed by atoms with E-state index in [9.17, 15) is 0 Å². The summed E-state index contributed by atoms with van der Waals surface area (Å²) in [5.41, 5.74) is 25.1. The Bertz CT molecular complexity index is 3790. The predicted octanol–water partition coefficient (Wildman–Crippen LogP) is 17.9. The van der Waals surface area contributed by atoms with Crippen molar-refractivity contribution in [3.63, 3.8) is 0 Å². The first-order valence-corrected chi connectivity index (χ1v) is 25.3. The minimum Gasteiger partial charge on any atom is -0.310 e. The van der Waals surface area contributed by atoms with Crippen molar-refractivity contribution in [3.8, 4) is 44.5 Å². The minimum atomic E-state index is -0.546. The Kier molecular flexibility index (Phi) is 9.44. The topological polar surface area (TPSA) is 3.24 Å². The molecule has 0 radical (unpaired) electrons. The fourth-order valence-corrected chi connectivity index (χ4v) is 13.3. The van der Waals surface area contributed by atoms with Crippen LogP contribution in [0, 0.1) is 0 Å². The van der Waals surface area contributed by atoms with E-state index in [2.05, 4.69) is 292 Å². The van der Waals surface area contributed by atoms with Gasteiger partial charge in [-0.1, -0.05) is 244 Å². The molecule has 0 saturated heterocycles. The molecule has 0 N–H and O–H groups in total. The lowest BCUT2D eigenvalue weighted by Crippen LogP contribution is -2.29. The number of fused-ring (bicyclic) bond motifs is 9. The summed E-state index contributed by atoms with van der Waals surface area (Å²) in [6.07, 6.45) is 0. The number of hydrogen-bond donors (Lipinski definition) is 0. The predicted molar refractivity (Wildman–Crippen MR) is 299 cm³/mol. The third-order valence-electron chi connectivity index (χ3n) is 16.4. The number of rotatable bonds is 8. The van der Waals surface area contributed by atoms with Gasteiger partial charge >= 0.3 is 0 Å². The lowest BCUT2D eigenvalue weighted by atomic mass is 9.67. The average molecular weight is 918 g/mol. The summed E-state index contributed by atoms with van der Waals surface area (Å²) in [4.78, 5) is 2.53. The normalized spacial score (nSPS) is 14.6. The third kappa shape index (κ3) is 5.95. The molecule has 3 aliphatic rings. The Morgan fingerprint density at radius 1 is 0.236 bits per heavy atom. The van der Waals surface area contributed by atoms with Gasteiger partial charge in [0.05, 0.1) is 10.8 Å². The van der Waals surface area contributed by atoms with Crippen molar-refractivity contribution < 1.29 is 0 Å². The maximum Gasteiger partial charge on any atom is 0.0714 e. The van der Waals surface area contributed by atoms with Crippen molar-refractivity contribution in [1.29, 1.82) is 0 Å². The molecule has 0 saturated carbocycles. The molecular weight excluding hydrogens is 867 g/mol. The molecule has 1 nitrogen and oxygen atoms in total. The summed E-state index contributed by atoms with van der Waals surface area (Å²) in [6.45, 7) is 4.81. The van der Waals surface area contributed by atoms with Crippen LogP contribution in [0.2, 0.25) is 0 Å². The molecule has 11 aromatic rings. The van der Waals surface area contributed by atoms with Crippen LogP contribution in [0.4, 0.5) is 17.1 Å². The fourth-order valence-electron chi connectivity index (χ4n) is 13.3. The largest absolute Gasteiger partial charge is 0.310 e. The van der Waals surface area contributed by atoms with Crippen LogP contribution in [0.1, 0.15) is 69.5 Å². The second-order valence-corrected chi connectivity index (χ2v) is 20.3. The van der Waals surface area contributed by atoms with E-state index >= 15 is 0 Å². The molecule has 0 spiro atoms. The number of hydrogen-bond acceptors (Lipinski definition) is 1. The fraction of sp³-hybridized carbons (Fsp3) is 0.0704. The zero-order chi connectivity index (χ0) is 48.0. The Morgan fingerprint density at radius 2 is 0.583 bits per heavy atom. The van der Waals surface area contributed by atoms with E-state index < -0.39 is 10.8 Å². The second kappa shape index (κ2) is 16.1. The van der Waals surface area contributed by atoms with E-state index in [0.29, 0.717) is 0 Å². The molecule has 0 aliphatic heterocycles. The van der Waals surface area contributed by atoms with Crippen LogP contribution >= 0.6 is 0 Å². The van der Waals surface area contributed by atoms with E-state index in [0.717, 1.165) is 17.1 Å². The number of anilines is 3. The standard InChI is InChI=1S/C71H51N/c1-69(2)66-44-49(48-22-8-3-9-23-48)36-40-59(66)60-41-37-55(46-67(60)69)72(54-39-43-65-62(45-54)58-33-19-21-35-64(58)70(65,50-24-10-4-11-25-50)51-26-12-5-13-27-51)56-38-42-61-57-32-18-20-34-63(57)71(68(61)47-56,52-28-14-6-15-29-52)53-30-16-7-17-31-53/h3-47H,1-2H3. The maximum atomic E-state index is 2.53. The van der Waals surface area contributed by atoms with Crippen molar-refractivity contribution >= 4 is 17.1 Å². The summed E-state index contributed by atoms with van der Waals surface area (Å²) in [5.74, 6) is 0. The first-order valence-electron chi connectivity index (χ1n) is 25.3. The van der Waals surface area contributed by atoms with E-state index in [1.165, 1.54) is 100 Å². The van der Waals surface area contributed by atoms with Crippen molar-refractivity contribution in [2.45, 2.75) is 30.1 Å². The van der Waals surface area contributed by atoms with Gasteiger partial charge in [-0.15, -0.1) is 0 Å². The van der Waals surface area contributed by atoms with E-state index in [4.69, 9.17) is 0 Å². The first-order chi connectivity index (χ1) is 35.5. The van der Waals surface area contributed by atoms with Gasteiger partial charge in [0.2, 0.25) is 0 Å². The highest BCUT2D eigenvalue weighted by molar-refractivity contribution is 5.94. The zero-order valence-corrected chi connectivity index (χ0v) is 40.4. The SMILES string of the molecule is CC1(C)c2cc(-c3ccccc3)ccc2-c2ccc(N(c3ccc4c(c3)-c3ccccc3C4(c3ccccc3)c3ccccc3)c3ccc4c(c3)C(c3ccccc3)(c3ccccc3)c3ccccc3-4)cc21. The highest BCUT2D eigenvalue weighted by Crippen LogP contribution is 2.60. The third-order valence-corrected chi connectivity index (χ3v) is 16.4. The summed E-state index contributed by atoms with van der Waals surface area (Å²) >= 11 is 0. The highest BCUT2D eigenvalue weighted by atomic mass is 15.1. The van der Waals surface area contributed by atoms with Crippen molar-refractivity contribution in [3.05, 3.63) is 329 Å². The molecular formula is C71H51N. The molecule has 0 unspecified atom stereocenters. The summed E-state index contributed by atoms with van der Waals surface area (Å²) in [5, 5.41) is 0. The molecule has 11 aromatic carbocycles. The first kappa shape index (κ1) is 42.1. The van der Waals surface area contributed by atoms with Crippen LogP contribution in [-0.4, -0.2) is 0 Å². The Morgan fingerprint density at radius 3 is 1.11 bits per heavy atom. The molecule has 0 bridgehead atoms. The quantitative estimate of drug-likeness (QED) is 0.147. The van der Waals surface area contributed by atoms with Crippen LogP contribution in [0.25, 0.3) is 44.5 Å². The molecule has 0 fully saturated rings. The van der Waals surface area contributed by atoms with Gasteiger partial charge in [0.15, 0.2) is 0 Å². The molecule has 72 heavy (non-hydrogen) atoms. The molecule has 0 aromatic heterocycles. The Labute approximate surface area is 423 Å². The molecule has 340 valence electrons. The zero-order valence-electron chi connectivity index (χ0n) is 40.4. The Balaban J connectivity index is 1.02. The van der Waals surface area contributed by atoms with Gasteiger partial charge in [0.25, 0.3) is 0 Å². The molecule has 1 heteroatoms. The summed E-state index contributed by atoms with van der Waals surface area (Å²) < 4.78 is 0. The van der Waals surface area contributed by atoms with E-state index in [1.807, 2.05) is 0 Å². The van der Waals surface area contributed by atoms with Crippen molar-refractivity contribution in [1.82, 2.24) is 0 Å². The van der Waals surface area contributed by atoms with Gasteiger partial charge in [0, 0.05) is 22.5 Å². The van der Waals surface area contributed by atoms with Gasteiger partial charge in [-0.25, -0.2) is 0 Å². The van der Waals surface area contributed by atoms with Crippen LogP contribution in [-0.2, 0) is 16.2 Å². The Hall–Kier alpha value is -8.78. The molecule has 0 amide bonds. The number of nitrogens with zero attached hydrogens (tertiary/aromatic N) is 1. The molecule has 3 aliphatic carbocycles. The average Bonchev–Trinajstić information content (AvgIpc) is 4.01. The van der Waals surface area contributed by atoms with Gasteiger partial charge in [-0.05, 0) is 143 Å². The lowest BCUT2D eigenvalue weighted by Gasteiger charge is -2.35. The van der Waals surface area contributed by atoms with Crippen molar-refractivity contribution in [2.24, 2.45) is 0 Å². The molecule has 14 rings (SSSR count). The monoisotopic (exact) mass is 917 g/mol. The van der Waals surface area contributed by atoms with Crippen LogP contribution < -0.4 is 4.90 Å². The van der Waals surface area contributed by atoms with Crippen LogP contribution in [0.15, 0.2) is 273 Å². The summed E-state index contributed by atoms with van der Waals surface area (Å²) in [7, 11) is 0. The van der Waals surface area contributed by atoms with Gasteiger partial charge < -0.3 is 4.90 Å². The van der Waals surface area contributed by atoms with Crippen LogP contribution in [0.5, 0.6) is 0 Å². The highest BCUT2D eigenvalue weighted by Gasteiger charge is 2.48. The van der Waals surface area contributed by atoms with E-state index in [-0.39, 0.29) is 5.41 Å². The van der Waals surface area contributed by atoms with Crippen molar-refractivity contribution in [2.75, 3.05) is 4.90 Å². The lowest BCUT2D eigenvalue weighted by molar-refractivity contribution is 0.660. The van der Waals surface area contributed by atoms with Gasteiger partial charge in [-0.2, -0.15) is 0 Å². The minimum absolute atomic E-state index is 0.242.